The van der Waals surface area contributed by atoms with Gasteiger partial charge in [-0.1, -0.05) is 127 Å². The zero-order chi connectivity index (χ0) is 43.8. The van der Waals surface area contributed by atoms with E-state index in [1.165, 1.54) is 31.8 Å². The second-order valence-electron chi connectivity index (χ2n) is 20.1. The molecule has 2 saturated carbocycles. The van der Waals surface area contributed by atoms with Crippen molar-refractivity contribution in [3.05, 3.63) is 93.1 Å². The Hall–Kier alpha value is -3.36. The molecule has 5 aliphatic carbocycles. The van der Waals surface area contributed by atoms with E-state index < -0.39 is 40.0 Å². The summed E-state index contributed by atoms with van der Waals surface area (Å²) in [5.74, 6) is -0.316. The lowest BCUT2D eigenvalue weighted by molar-refractivity contribution is -0.140. The number of nitrogens with one attached hydrogen (secondary N) is 1. The third-order valence-corrected chi connectivity index (χ3v) is 16.3. The molecule has 0 aliphatic heterocycles. The molecule has 5 aliphatic rings. The van der Waals surface area contributed by atoms with E-state index in [1.54, 1.807) is 36.4 Å². The van der Waals surface area contributed by atoms with Gasteiger partial charge in [0.25, 0.3) is 0 Å². The van der Waals surface area contributed by atoms with E-state index in [2.05, 4.69) is 94.9 Å². The standard InChI is InChI=1S/C52H70BrNO6/c1-10-11-12-13-14-33(4)27-34(5)15-22-44(56)54-51(31-55)30-38-28-42(36(7)17-16-35(6)32(2)3)50(9)26-24-41-45(52(38,50)59)46(51)47(57)43-29-40(23-25-49(41,43)8)60-48(58)37-18-20-39(53)21-19-37/h15-22,27,29,31-33,35-36,38,40-42,59H,10-14,23-26,28,30H2,1-9H3,(H,54,56)/b17-16+,22-15+,34-27+/t33-,35+,36-,38-,40+,41+,42-,49-,50-,51+,52+/m1/s1. The summed E-state index contributed by atoms with van der Waals surface area (Å²) in [6.45, 7) is 19.6. The van der Waals surface area contributed by atoms with Crippen LogP contribution in [0.5, 0.6) is 0 Å². The van der Waals surface area contributed by atoms with Gasteiger partial charge >= 0.3 is 5.97 Å². The minimum atomic E-state index is -1.64. The van der Waals surface area contributed by atoms with E-state index in [1.807, 2.05) is 6.92 Å². The average Bonchev–Trinajstić information content (AvgIpc) is 3.44. The van der Waals surface area contributed by atoms with Crippen LogP contribution < -0.4 is 5.32 Å². The number of fused-ring (bicyclic) bond motifs is 2. The molecule has 8 heteroatoms. The van der Waals surface area contributed by atoms with Crippen molar-refractivity contribution in [3.8, 4) is 0 Å². The summed E-state index contributed by atoms with van der Waals surface area (Å²) >= 11 is 3.42. The number of ether oxygens (including phenoxy) is 1. The fraction of sp³-hybridized carbons (Fsp3) is 0.615. The predicted octanol–water partition coefficient (Wildman–Crippen LogP) is 11.4. The van der Waals surface area contributed by atoms with Crippen LogP contribution in [0.4, 0.5) is 0 Å². The SMILES string of the molecule is CCCCCC[C@@H](C)/C=C(C)/C=C/C(=O)N[C@]1(C=O)C[C@H]2C[C@H]([C@H](C)/C=C/[C@H](C)C(C)C)[C@@]3(C)CC[C@H]4C(=C1C(=O)C1=C[C@@H](OC(=O)c5ccc(Br)cc5)CC[C@@]14C)[C@@]23O. The molecule has 0 unspecified atom stereocenters. The van der Waals surface area contributed by atoms with E-state index in [0.29, 0.717) is 53.7 Å². The number of allylic oxidation sites excluding steroid dienone is 6. The Labute approximate surface area is 368 Å². The lowest BCUT2D eigenvalue weighted by Gasteiger charge is -2.63. The summed E-state index contributed by atoms with van der Waals surface area (Å²) in [4.78, 5) is 56.7. The Morgan fingerprint density at radius 2 is 1.72 bits per heavy atom. The van der Waals surface area contributed by atoms with Gasteiger partial charge in [0.15, 0.2) is 5.78 Å². The van der Waals surface area contributed by atoms with Gasteiger partial charge in [0.05, 0.1) is 11.2 Å². The van der Waals surface area contributed by atoms with Gasteiger partial charge in [0.1, 0.15) is 17.9 Å². The predicted molar refractivity (Wildman–Crippen MR) is 243 cm³/mol. The van der Waals surface area contributed by atoms with Gasteiger partial charge in [-0.15, -0.1) is 0 Å². The van der Waals surface area contributed by atoms with Gasteiger partial charge in [0, 0.05) is 32.5 Å². The van der Waals surface area contributed by atoms with Crippen LogP contribution in [0.2, 0.25) is 0 Å². The van der Waals surface area contributed by atoms with E-state index >= 15 is 4.79 Å². The van der Waals surface area contributed by atoms with Gasteiger partial charge < -0.3 is 20.0 Å². The molecule has 11 atom stereocenters. The monoisotopic (exact) mass is 883 g/mol. The second-order valence-corrected chi connectivity index (χ2v) is 21.0. The van der Waals surface area contributed by atoms with Crippen LogP contribution in [0.15, 0.2) is 87.5 Å². The van der Waals surface area contributed by atoms with Crippen LogP contribution in [0, 0.1) is 52.3 Å². The first kappa shape index (κ1) is 46.2. The smallest absolute Gasteiger partial charge is 0.338 e. The number of hydrogen-bond donors (Lipinski definition) is 2. The number of aliphatic hydroxyl groups is 1. The maximum Gasteiger partial charge on any atom is 0.338 e. The highest BCUT2D eigenvalue weighted by atomic mass is 79.9. The molecule has 60 heavy (non-hydrogen) atoms. The van der Waals surface area contributed by atoms with Crippen molar-refractivity contribution >= 4 is 39.9 Å². The number of carbonyl (C=O) groups is 4. The number of esters is 1. The summed E-state index contributed by atoms with van der Waals surface area (Å²) < 4.78 is 6.87. The fourth-order valence-electron chi connectivity index (χ4n) is 12.0. The highest BCUT2D eigenvalue weighted by Gasteiger charge is 2.74. The van der Waals surface area contributed by atoms with Crippen molar-refractivity contribution in [1.82, 2.24) is 5.32 Å². The Bertz CT molecular complexity index is 1970. The molecule has 0 radical (unpaired) electrons. The quantitative estimate of drug-likeness (QED) is 0.0427. The lowest BCUT2D eigenvalue weighted by atomic mass is 9.43. The Morgan fingerprint density at radius 1 is 1.00 bits per heavy atom. The van der Waals surface area contributed by atoms with Gasteiger partial charge in [-0.05, 0) is 129 Å². The van der Waals surface area contributed by atoms with Gasteiger partial charge in [-0.3, -0.25) is 9.59 Å². The van der Waals surface area contributed by atoms with Gasteiger partial charge in [-0.25, -0.2) is 4.79 Å². The largest absolute Gasteiger partial charge is 0.455 e. The summed E-state index contributed by atoms with van der Waals surface area (Å²) in [5.41, 5.74) is -1.41. The number of unbranched alkanes of at least 4 members (excludes halogenated alkanes) is 3. The van der Waals surface area contributed by atoms with Gasteiger partial charge in [0.2, 0.25) is 5.91 Å². The maximum absolute atomic E-state index is 15.4. The molecular weight excluding hydrogens is 814 g/mol. The van der Waals surface area contributed by atoms with Crippen molar-refractivity contribution in [2.45, 2.75) is 150 Å². The first-order valence-electron chi connectivity index (χ1n) is 22.9. The molecule has 7 nitrogen and oxygen atoms in total. The van der Waals surface area contributed by atoms with Crippen LogP contribution in [-0.4, -0.2) is 46.3 Å². The molecule has 6 rings (SSSR count). The van der Waals surface area contributed by atoms with Crippen LogP contribution in [0.3, 0.4) is 0 Å². The zero-order valence-electron chi connectivity index (χ0n) is 37.6. The summed E-state index contributed by atoms with van der Waals surface area (Å²) in [6, 6.07) is 6.98. The number of carbonyl (C=O) groups excluding carboxylic acids is 4. The molecule has 1 amide bonds. The number of Topliss-reactive ketones (excluding diaryl/α,β-unsaturated/α-hetero) is 1. The van der Waals surface area contributed by atoms with E-state index in [4.69, 9.17) is 4.74 Å². The van der Waals surface area contributed by atoms with E-state index in [9.17, 15) is 19.5 Å². The third kappa shape index (κ3) is 8.42. The molecule has 326 valence electrons. The fourth-order valence-corrected chi connectivity index (χ4v) is 12.3. The molecule has 0 saturated heterocycles. The minimum Gasteiger partial charge on any atom is -0.455 e. The van der Waals surface area contributed by atoms with Crippen LogP contribution in [-0.2, 0) is 19.1 Å². The molecule has 1 aromatic carbocycles. The van der Waals surface area contributed by atoms with Crippen LogP contribution in [0.25, 0.3) is 0 Å². The third-order valence-electron chi connectivity index (χ3n) is 15.8. The zero-order valence-corrected chi connectivity index (χ0v) is 39.2. The van der Waals surface area contributed by atoms with Crippen molar-refractivity contribution in [2.75, 3.05) is 0 Å². The molecule has 2 fully saturated rings. The highest BCUT2D eigenvalue weighted by Crippen LogP contribution is 2.73. The number of benzene rings is 1. The Kier molecular flexibility index (Phi) is 14.0. The van der Waals surface area contributed by atoms with Crippen LogP contribution in [0.1, 0.15) is 143 Å². The molecular formula is C52H70BrNO6. The summed E-state index contributed by atoms with van der Waals surface area (Å²) in [6.07, 6.45) is 21.3. The number of halogens is 1. The van der Waals surface area contributed by atoms with Crippen molar-refractivity contribution in [3.63, 3.8) is 0 Å². The lowest BCUT2D eigenvalue weighted by Crippen LogP contribution is -2.68. The van der Waals surface area contributed by atoms with Gasteiger partial charge in [-0.2, -0.15) is 0 Å². The normalized spacial score (nSPS) is 34.0. The van der Waals surface area contributed by atoms with Crippen molar-refractivity contribution in [1.29, 1.82) is 0 Å². The molecule has 1 aromatic rings. The Balaban J connectivity index is 1.40. The minimum absolute atomic E-state index is 0.0983. The topological polar surface area (TPSA) is 110 Å². The van der Waals surface area contributed by atoms with Crippen molar-refractivity contribution in [2.24, 2.45) is 52.3 Å². The number of rotatable bonds is 16. The first-order chi connectivity index (χ1) is 28.3. The second kappa shape index (κ2) is 18.2. The molecule has 2 N–H and O–H groups in total. The van der Waals surface area contributed by atoms with Crippen LogP contribution >= 0.6 is 15.9 Å². The molecule has 0 bridgehead atoms. The van der Waals surface area contributed by atoms with E-state index in [-0.39, 0.29) is 41.4 Å². The number of hydrogen-bond acceptors (Lipinski definition) is 6. The summed E-state index contributed by atoms with van der Waals surface area (Å²) in [7, 11) is 0. The molecule has 0 aromatic heterocycles. The van der Waals surface area contributed by atoms with Crippen molar-refractivity contribution < 1.29 is 29.0 Å². The molecule has 0 heterocycles. The number of aldehydes is 1. The Morgan fingerprint density at radius 3 is 2.38 bits per heavy atom. The first-order valence-corrected chi connectivity index (χ1v) is 23.7. The highest BCUT2D eigenvalue weighted by molar-refractivity contribution is 9.10. The maximum atomic E-state index is 15.4. The average molecular weight is 885 g/mol. The summed E-state index contributed by atoms with van der Waals surface area (Å²) in [5, 5.41) is 16.7. The molecule has 0 spiro atoms. The number of amides is 1. The number of ketones is 1. The van der Waals surface area contributed by atoms with E-state index in [0.717, 1.165) is 35.6 Å².